The first-order valence-corrected chi connectivity index (χ1v) is 8.52. The van der Waals surface area contributed by atoms with Gasteiger partial charge in [-0.2, -0.15) is 10.4 Å². The summed E-state index contributed by atoms with van der Waals surface area (Å²) in [6, 6.07) is 10.5. The molecule has 1 aliphatic heterocycles. The molecule has 3 rings (SSSR count). The van der Waals surface area contributed by atoms with Crippen LogP contribution >= 0.6 is 0 Å². The molecule has 1 aromatic carbocycles. The number of aryl methyl sites for hydroxylation is 1. The standard InChI is InChI=1S/C19H23N5O/c1-14-15(2)21-22-19(18(14)13-20)24-10-4-9-23(11-12-24)16-5-7-17(25-3)8-6-16/h5-8H,4,9-12H2,1-3H3. The van der Waals surface area contributed by atoms with Gasteiger partial charge in [0.15, 0.2) is 5.82 Å². The molecule has 0 radical (unpaired) electrons. The maximum atomic E-state index is 9.54. The Labute approximate surface area is 148 Å². The fourth-order valence-corrected chi connectivity index (χ4v) is 3.13. The van der Waals surface area contributed by atoms with E-state index in [9.17, 15) is 5.26 Å². The van der Waals surface area contributed by atoms with Crippen LogP contribution in [0.4, 0.5) is 11.5 Å². The topological polar surface area (TPSA) is 65.3 Å². The number of methoxy groups -OCH3 is 1. The number of hydrogen-bond acceptors (Lipinski definition) is 6. The predicted molar refractivity (Wildman–Crippen MR) is 98.3 cm³/mol. The average molecular weight is 337 g/mol. The van der Waals surface area contributed by atoms with Crippen molar-refractivity contribution in [3.63, 3.8) is 0 Å². The van der Waals surface area contributed by atoms with Crippen molar-refractivity contribution in [2.24, 2.45) is 0 Å². The summed E-state index contributed by atoms with van der Waals surface area (Å²) in [4.78, 5) is 4.54. The summed E-state index contributed by atoms with van der Waals surface area (Å²) in [6.07, 6.45) is 1.01. The Hall–Kier alpha value is -2.81. The molecule has 0 spiro atoms. The Bertz CT molecular complexity index is 782. The second kappa shape index (κ2) is 7.39. The molecule has 2 aromatic rings. The van der Waals surface area contributed by atoms with E-state index >= 15 is 0 Å². The van der Waals surface area contributed by atoms with E-state index in [1.165, 1.54) is 5.69 Å². The molecular formula is C19H23N5O. The molecule has 0 unspecified atom stereocenters. The molecule has 1 aliphatic rings. The maximum absolute atomic E-state index is 9.54. The van der Waals surface area contributed by atoms with Crippen LogP contribution in [0.5, 0.6) is 5.75 Å². The number of aromatic nitrogens is 2. The molecule has 0 saturated carbocycles. The highest BCUT2D eigenvalue weighted by atomic mass is 16.5. The first-order valence-electron chi connectivity index (χ1n) is 8.52. The average Bonchev–Trinajstić information content (AvgIpc) is 2.90. The molecule has 6 heteroatoms. The number of anilines is 2. The van der Waals surface area contributed by atoms with Gasteiger partial charge < -0.3 is 14.5 Å². The number of hydrogen-bond donors (Lipinski definition) is 0. The third-order valence-corrected chi connectivity index (χ3v) is 4.78. The van der Waals surface area contributed by atoms with Crippen molar-refractivity contribution in [1.29, 1.82) is 5.26 Å². The minimum atomic E-state index is 0.644. The van der Waals surface area contributed by atoms with Crippen molar-refractivity contribution in [3.05, 3.63) is 41.1 Å². The zero-order valence-electron chi connectivity index (χ0n) is 15.0. The molecule has 1 fully saturated rings. The highest BCUT2D eigenvalue weighted by Gasteiger charge is 2.21. The van der Waals surface area contributed by atoms with Gasteiger partial charge in [0.1, 0.15) is 17.4 Å². The molecular weight excluding hydrogens is 314 g/mol. The van der Waals surface area contributed by atoms with Gasteiger partial charge in [-0.25, -0.2) is 0 Å². The number of nitriles is 1. The fraction of sp³-hybridized carbons (Fsp3) is 0.421. The summed E-state index contributed by atoms with van der Waals surface area (Å²) in [6.45, 7) is 7.37. The molecule has 2 heterocycles. The van der Waals surface area contributed by atoms with Crippen LogP contribution in [-0.2, 0) is 0 Å². The Morgan fingerprint density at radius 2 is 1.68 bits per heavy atom. The number of nitrogens with zero attached hydrogens (tertiary/aromatic N) is 5. The normalized spacial score (nSPS) is 14.8. The Morgan fingerprint density at radius 3 is 2.36 bits per heavy atom. The second-order valence-electron chi connectivity index (χ2n) is 6.25. The fourth-order valence-electron chi connectivity index (χ4n) is 3.13. The quantitative estimate of drug-likeness (QED) is 0.858. The molecule has 6 nitrogen and oxygen atoms in total. The lowest BCUT2D eigenvalue weighted by atomic mass is 10.1. The van der Waals surface area contributed by atoms with Gasteiger partial charge in [0.2, 0.25) is 0 Å². The third-order valence-electron chi connectivity index (χ3n) is 4.78. The summed E-state index contributed by atoms with van der Waals surface area (Å²) < 4.78 is 5.23. The largest absolute Gasteiger partial charge is 0.497 e. The van der Waals surface area contributed by atoms with Crippen LogP contribution in [0.2, 0.25) is 0 Å². The molecule has 1 saturated heterocycles. The van der Waals surface area contributed by atoms with E-state index in [0.717, 1.165) is 49.6 Å². The van der Waals surface area contributed by atoms with Crippen LogP contribution in [0.3, 0.4) is 0 Å². The van der Waals surface area contributed by atoms with Crippen molar-refractivity contribution in [3.8, 4) is 11.8 Å². The molecule has 25 heavy (non-hydrogen) atoms. The molecule has 1 aromatic heterocycles. The molecule has 0 bridgehead atoms. The van der Waals surface area contributed by atoms with Gasteiger partial charge in [0.25, 0.3) is 0 Å². The molecule has 130 valence electrons. The van der Waals surface area contributed by atoms with Crippen molar-refractivity contribution >= 4 is 11.5 Å². The lowest BCUT2D eigenvalue weighted by Crippen LogP contribution is -2.32. The molecule has 0 amide bonds. The van der Waals surface area contributed by atoms with Gasteiger partial charge in [-0.3, -0.25) is 0 Å². The monoisotopic (exact) mass is 337 g/mol. The van der Waals surface area contributed by atoms with Crippen LogP contribution in [0.1, 0.15) is 23.2 Å². The Balaban J connectivity index is 1.78. The Morgan fingerprint density at radius 1 is 1.00 bits per heavy atom. The lowest BCUT2D eigenvalue weighted by molar-refractivity contribution is 0.415. The van der Waals surface area contributed by atoms with E-state index < -0.39 is 0 Å². The van der Waals surface area contributed by atoms with Crippen LogP contribution in [-0.4, -0.2) is 43.5 Å². The highest BCUT2D eigenvalue weighted by molar-refractivity contribution is 5.58. The van der Waals surface area contributed by atoms with Crippen LogP contribution in [0.25, 0.3) is 0 Å². The minimum Gasteiger partial charge on any atom is -0.497 e. The van der Waals surface area contributed by atoms with Crippen LogP contribution < -0.4 is 14.5 Å². The van der Waals surface area contributed by atoms with Crippen LogP contribution in [0, 0.1) is 25.2 Å². The van der Waals surface area contributed by atoms with Crippen molar-refractivity contribution in [2.45, 2.75) is 20.3 Å². The van der Waals surface area contributed by atoms with Crippen LogP contribution in [0.15, 0.2) is 24.3 Å². The zero-order valence-corrected chi connectivity index (χ0v) is 15.0. The summed E-state index contributed by atoms with van der Waals surface area (Å²) in [7, 11) is 1.68. The Kier molecular flexibility index (Phi) is 5.03. The second-order valence-corrected chi connectivity index (χ2v) is 6.25. The zero-order chi connectivity index (χ0) is 17.8. The van der Waals surface area contributed by atoms with Gasteiger partial charge in [-0.05, 0) is 50.1 Å². The van der Waals surface area contributed by atoms with Gasteiger partial charge in [-0.15, -0.1) is 5.10 Å². The summed E-state index contributed by atoms with van der Waals surface area (Å²) in [5.74, 6) is 1.58. The number of benzene rings is 1. The van der Waals surface area contributed by atoms with Gasteiger partial charge in [0, 0.05) is 31.9 Å². The highest BCUT2D eigenvalue weighted by Crippen LogP contribution is 2.25. The van der Waals surface area contributed by atoms with Gasteiger partial charge >= 0.3 is 0 Å². The van der Waals surface area contributed by atoms with E-state index in [1.54, 1.807) is 7.11 Å². The first kappa shape index (κ1) is 17.0. The van der Waals surface area contributed by atoms with Gasteiger partial charge in [0.05, 0.1) is 12.8 Å². The smallest absolute Gasteiger partial charge is 0.169 e. The predicted octanol–water partition coefficient (Wildman–Crippen LogP) is 2.69. The summed E-state index contributed by atoms with van der Waals surface area (Å²) in [5.41, 5.74) is 3.57. The minimum absolute atomic E-state index is 0.644. The first-order chi connectivity index (χ1) is 12.1. The van der Waals surface area contributed by atoms with Crippen molar-refractivity contribution < 1.29 is 4.74 Å². The molecule has 0 N–H and O–H groups in total. The summed E-state index contributed by atoms with van der Waals surface area (Å²) >= 11 is 0. The van der Waals surface area contributed by atoms with E-state index in [0.29, 0.717) is 11.4 Å². The third kappa shape index (κ3) is 3.50. The van der Waals surface area contributed by atoms with E-state index in [-0.39, 0.29) is 0 Å². The molecule has 0 atom stereocenters. The number of ether oxygens (including phenoxy) is 1. The molecule has 0 aliphatic carbocycles. The van der Waals surface area contributed by atoms with E-state index in [4.69, 9.17) is 4.74 Å². The number of rotatable bonds is 3. The van der Waals surface area contributed by atoms with Crippen molar-refractivity contribution in [1.82, 2.24) is 10.2 Å². The van der Waals surface area contributed by atoms with E-state index in [2.05, 4.69) is 38.2 Å². The SMILES string of the molecule is COc1ccc(N2CCCN(c3nnc(C)c(C)c3C#N)CC2)cc1. The maximum Gasteiger partial charge on any atom is 0.169 e. The van der Waals surface area contributed by atoms with Crippen molar-refractivity contribution in [2.75, 3.05) is 43.1 Å². The summed E-state index contributed by atoms with van der Waals surface area (Å²) in [5, 5.41) is 18.1. The van der Waals surface area contributed by atoms with E-state index in [1.807, 2.05) is 26.0 Å². The van der Waals surface area contributed by atoms with Gasteiger partial charge in [-0.1, -0.05) is 0 Å². The lowest BCUT2D eigenvalue weighted by Gasteiger charge is -2.25.